The topological polar surface area (TPSA) is 85.4 Å². The summed E-state index contributed by atoms with van der Waals surface area (Å²) >= 11 is 0. The largest absolute Gasteiger partial charge is 0.492 e. The molecule has 2 aromatic carbocycles. The van der Waals surface area contributed by atoms with Crippen LogP contribution in [-0.2, 0) is 13.5 Å². The maximum Gasteiger partial charge on any atom is 0.326 e. The Bertz CT molecular complexity index is 1050. The molecule has 8 heteroatoms. The van der Waals surface area contributed by atoms with Crippen LogP contribution in [0.3, 0.4) is 0 Å². The molecule has 150 valence electrons. The number of aromatic nitrogens is 2. The van der Waals surface area contributed by atoms with Gasteiger partial charge in [-0.05, 0) is 48.4 Å². The molecule has 1 aliphatic heterocycles. The first-order valence-corrected chi connectivity index (χ1v) is 9.39. The molecule has 2 amide bonds. The number of halogens is 1. The van der Waals surface area contributed by atoms with Gasteiger partial charge < -0.3 is 15.8 Å². The van der Waals surface area contributed by atoms with Gasteiger partial charge in [0.2, 0.25) is 0 Å². The minimum Gasteiger partial charge on any atom is -0.492 e. The number of anilines is 2. The van der Waals surface area contributed by atoms with Crippen molar-refractivity contribution in [3.05, 3.63) is 60.0 Å². The molecule has 3 N–H and O–H groups in total. The maximum atomic E-state index is 13.6. The van der Waals surface area contributed by atoms with E-state index < -0.39 is 0 Å². The normalized spacial score (nSPS) is 12.7. The summed E-state index contributed by atoms with van der Waals surface area (Å²) in [5.74, 6) is 0.300. The zero-order chi connectivity index (χ0) is 20.4. The number of carbonyl (C=O) groups excluding carboxylic acids is 1. The molecule has 0 unspecified atom stereocenters. The van der Waals surface area contributed by atoms with E-state index in [1.807, 2.05) is 19.2 Å². The molecule has 0 bridgehead atoms. The first-order chi connectivity index (χ1) is 14.1. The lowest BCUT2D eigenvalue weighted by atomic mass is 10.1. The Morgan fingerprint density at radius 1 is 1.28 bits per heavy atom. The van der Waals surface area contributed by atoms with E-state index in [4.69, 9.17) is 10.5 Å². The summed E-state index contributed by atoms with van der Waals surface area (Å²) in [7, 11) is 1.84. The molecule has 0 aliphatic carbocycles. The Kier molecular flexibility index (Phi) is 5.18. The van der Waals surface area contributed by atoms with Gasteiger partial charge in [-0.15, -0.1) is 0 Å². The molecule has 0 atom stereocenters. The SMILES string of the molecule is Cn1nccc1-c1cc(NC(=O)N2CCc3ccc(F)cc32)ccc1OCCN. The van der Waals surface area contributed by atoms with Crippen LogP contribution >= 0.6 is 0 Å². The molecule has 2 heterocycles. The Morgan fingerprint density at radius 2 is 2.14 bits per heavy atom. The summed E-state index contributed by atoms with van der Waals surface area (Å²) in [6, 6.07) is 11.5. The van der Waals surface area contributed by atoms with Crippen molar-refractivity contribution in [3.8, 4) is 17.0 Å². The molecule has 0 saturated heterocycles. The molecular formula is C21H22FN5O2. The van der Waals surface area contributed by atoms with E-state index in [9.17, 15) is 9.18 Å². The highest BCUT2D eigenvalue weighted by atomic mass is 19.1. The van der Waals surface area contributed by atoms with Gasteiger partial charge in [-0.1, -0.05) is 6.07 Å². The average Bonchev–Trinajstić information content (AvgIpc) is 3.32. The van der Waals surface area contributed by atoms with Crippen LogP contribution in [0.4, 0.5) is 20.6 Å². The number of urea groups is 1. The van der Waals surface area contributed by atoms with Crippen LogP contribution in [0, 0.1) is 5.82 Å². The van der Waals surface area contributed by atoms with Crippen molar-refractivity contribution >= 4 is 17.4 Å². The van der Waals surface area contributed by atoms with Crippen molar-refractivity contribution in [2.75, 3.05) is 29.9 Å². The zero-order valence-electron chi connectivity index (χ0n) is 16.1. The average molecular weight is 395 g/mol. The summed E-state index contributed by atoms with van der Waals surface area (Å²) in [5.41, 5.74) is 9.38. The van der Waals surface area contributed by atoms with Crippen LogP contribution in [0.25, 0.3) is 11.3 Å². The van der Waals surface area contributed by atoms with Gasteiger partial charge >= 0.3 is 6.03 Å². The Balaban J connectivity index is 1.61. The van der Waals surface area contributed by atoms with E-state index >= 15 is 0 Å². The number of nitrogens with zero attached hydrogens (tertiary/aromatic N) is 3. The summed E-state index contributed by atoms with van der Waals surface area (Å²) < 4.78 is 21.1. The summed E-state index contributed by atoms with van der Waals surface area (Å²) in [4.78, 5) is 14.4. The first-order valence-electron chi connectivity index (χ1n) is 9.39. The van der Waals surface area contributed by atoms with Crippen LogP contribution in [0.15, 0.2) is 48.7 Å². The van der Waals surface area contributed by atoms with Gasteiger partial charge in [0, 0.05) is 37.6 Å². The minimum absolute atomic E-state index is 0.305. The number of fused-ring (bicyclic) bond motifs is 1. The van der Waals surface area contributed by atoms with Crippen molar-refractivity contribution in [2.24, 2.45) is 12.8 Å². The second-order valence-electron chi connectivity index (χ2n) is 6.79. The van der Waals surface area contributed by atoms with Gasteiger partial charge in [-0.2, -0.15) is 5.10 Å². The van der Waals surface area contributed by atoms with Crippen LogP contribution in [0.1, 0.15) is 5.56 Å². The fraction of sp³-hybridized carbons (Fsp3) is 0.238. The van der Waals surface area contributed by atoms with E-state index in [1.165, 1.54) is 12.1 Å². The third-order valence-electron chi connectivity index (χ3n) is 4.89. The number of aryl methyl sites for hydroxylation is 1. The number of amides is 2. The number of hydrogen-bond donors (Lipinski definition) is 2. The third-order valence-corrected chi connectivity index (χ3v) is 4.89. The van der Waals surface area contributed by atoms with Crippen molar-refractivity contribution in [3.63, 3.8) is 0 Å². The highest BCUT2D eigenvalue weighted by molar-refractivity contribution is 6.03. The monoisotopic (exact) mass is 395 g/mol. The molecule has 4 rings (SSSR count). The van der Waals surface area contributed by atoms with Gasteiger partial charge in [0.1, 0.15) is 18.2 Å². The zero-order valence-corrected chi connectivity index (χ0v) is 16.1. The van der Waals surface area contributed by atoms with E-state index in [1.54, 1.807) is 34.0 Å². The van der Waals surface area contributed by atoms with Crippen LogP contribution in [0.5, 0.6) is 5.75 Å². The second kappa shape index (κ2) is 7.92. The Morgan fingerprint density at radius 3 is 2.90 bits per heavy atom. The van der Waals surface area contributed by atoms with Crippen LogP contribution in [0.2, 0.25) is 0 Å². The Labute approximate surface area is 167 Å². The lowest BCUT2D eigenvalue weighted by Crippen LogP contribution is -2.33. The van der Waals surface area contributed by atoms with Crippen LogP contribution < -0.4 is 20.7 Å². The third kappa shape index (κ3) is 3.79. The quantitative estimate of drug-likeness (QED) is 0.695. The lowest BCUT2D eigenvalue weighted by Gasteiger charge is -2.19. The number of carbonyl (C=O) groups is 1. The number of nitrogens with one attached hydrogen (secondary N) is 1. The van der Waals surface area contributed by atoms with Crippen molar-refractivity contribution in [1.29, 1.82) is 0 Å². The molecule has 7 nitrogen and oxygen atoms in total. The van der Waals surface area contributed by atoms with Crippen LogP contribution in [-0.4, -0.2) is 35.5 Å². The van der Waals surface area contributed by atoms with E-state index in [2.05, 4.69) is 10.4 Å². The smallest absolute Gasteiger partial charge is 0.326 e. The van der Waals surface area contributed by atoms with Gasteiger partial charge in [0.05, 0.1) is 11.4 Å². The van der Waals surface area contributed by atoms with Crippen molar-refractivity contribution < 1.29 is 13.9 Å². The highest BCUT2D eigenvalue weighted by Gasteiger charge is 2.25. The van der Waals surface area contributed by atoms with Gasteiger partial charge in [-0.3, -0.25) is 9.58 Å². The predicted octanol–water partition coefficient (Wildman–Crippen LogP) is 3.16. The first kappa shape index (κ1) is 18.9. The molecule has 0 spiro atoms. The minimum atomic E-state index is -0.358. The molecule has 1 aliphatic rings. The molecule has 0 fully saturated rings. The van der Waals surface area contributed by atoms with Gasteiger partial charge in [0.15, 0.2) is 0 Å². The maximum absolute atomic E-state index is 13.6. The number of ether oxygens (including phenoxy) is 1. The molecular weight excluding hydrogens is 373 g/mol. The molecule has 0 saturated carbocycles. The Hall–Kier alpha value is -3.39. The summed E-state index contributed by atoms with van der Waals surface area (Å²) in [6.07, 6.45) is 2.40. The molecule has 3 aromatic rings. The van der Waals surface area contributed by atoms with Crippen molar-refractivity contribution in [2.45, 2.75) is 6.42 Å². The standard InChI is InChI=1S/C21H22FN5O2/c1-26-18(6-9-24-26)17-13-16(4-5-20(17)29-11-8-23)25-21(28)27-10-7-14-2-3-15(22)12-19(14)27/h2-6,9,12-13H,7-8,10-11,23H2,1H3,(H,25,28). The van der Waals surface area contributed by atoms with Gasteiger partial charge in [0.25, 0.3) is 0 Å². The fourth-order valence-corrected chi connectivity index (χ4v) is 3.50. The summed E-state index contributed by atoms with van der Waals surface area (Å²) in [5, 5.41) is 7.11. The lowest BCUT2D eigenvalue weighted by molar-refractivity contribution is 0.257. The molecule has 0 radical (unpaired) electrons. The second-order valence-corrected chi connectivity index (χ2v) is 6.79. The number of benzene rings is 2. The summed E-state index contributed by atoms with van der Waals surface area (Å²) in [6.45, 7) is 1.29. The van der Waals surface area contributed by atoms with E-state index in [0.717, 1.165) is 16.8 Å². The van der Waals surface area contributed by atoms with Gasteiger partial charge in [-0.25, -0.2) is 9.18 Å². The highest BCUT2D eigenvalue weighted by Crippen LogP contribution is 2.33. The van der Waals surface area contributed by atoms with E-state index in [0.29, 0.717) is 43.2 Å². The number of hydrogen-bond acceptors (Lipinski definition) is 4. The van der Waals surface area contributed by atoms with E-state index in [-0.39, 0.29) is 11.8 Å². The molecule has 1 aromatic heterocycles. The number of rotatable bonds is 5. The number of nitrogens with two attached hydrogens (primary N) is 1. The van der Waals surface area contributed by atoms with Crippen molar-refractivity contribution in [1.82, 2.24) is 9.78 Å². The molecule has 29 heavy (non-hydrogen) atoms. The fourth-order valence-electron chi connectivity index (χ4n) is 3.50. The predicted molar refractivity (Wildman–Crippen MR) is 110 cm³/mol.